The number of sulfonamides is 1. The van der Waals surface area contributed by atoms with Crippen LogP contribution in [0.2, 0.25) is 0 Å². The Kier molecular flexibility index (Phi) is 4.43. The third kappa shape index (κ3) is 4.04. The van der Waals surface area contributed by atoms with Crippen molar-refractivity contribution >= 4 is 10.0 Å². The van der Waals surface area contributed by atoms with E-state index in [4.69, 9.17) is 5.26 Å². The van der Waals surface area contributed by atoms with Crippen molar-refractivity contribution < 1.29 is 8.42 Å². The van der Waals surface area contributed by atoms with Gasteiger partial charge in [-0.25, -0.2) is 13.1 Å². The lowest BCUT2D eigenvalue weighted by Gasteiger charge is -2.34. The van der Waals surface area contributed by atoms with Gasteiger partial charge in [0.15, 0.2) is 0 Å². The summed E-state index contributed by atoms with van der Waals surface area (Å²) in [6.07, 6.45) is 1.58. The lowest BCUT2D eigenvalue weighted by atomic mass is 9.92. The van der Waals surface area contributed by atoms with Gasteiger partial charge in [-0.15, -0.1) is 0 Å². The van der Waals surface area contributed by atoms with Crippen molar-refractivity contribution in [3.8, 4) is 6.07 Å². The quantitative estimate of drug-likeness (QED) is 0.871. The second-order valence-corrected chi connectivity index (χ2v) is 7.20. The molecule has 0 aliphatic carbocycles. The van der Waals surface area contributed by atoms with E-state index in [1.807, 2.05) is 13.0 Å². The number of nitriles is 1. The summed E-state index contributed by atoms with van der Waals surface area (Å²) in [5, 5.41) is 11.9. The summed E-state index contributed by atoms with van der Waals surface area (Å²) in [6, 6.07) is 8.65. The molecule has 1 heterocycles. The lowest BCUT2D eigenvalue weighted by molar-refractivity contribution is 0.308. The van der Waals surface area contributed by atoms with Gasteiger partial charge in [0, 0.05) is 5.54 Å². The van der Waals surface area contributed by atoms with E-state index in [1.54, 1.807) is 24.3 Å². The molecule has 0 amide bonds. The fraction of sp³-hybridized carbons (Fsp3) is 0.500. The first-order chi connectivity index (χ1) is 9.42. The van der Waals surface area contributed by atoms with E-state index in [0.29, 0.717) is 11.1 Å². The molecule has 2 N–H and O–H groups in total. The minimum absolute atomic E-state index is 0.0538. The van der Waals surface area contributed by atoms with Gasteiger partial charge in [0.25, 0.3) is 0 Å². The minimum Gasteiger partial charge on any atom is -0.317 e. The van der Waals surface area contributed by atoms with Gasteiger partial charge in [-0.2, -0.15) is 5.26 Å². The summed E-state index contributed by atoms with van der Waals surface area (Å²) in [4.78, 5) is 0. The van der Waals surface area contributed by atoms with E-state index in [-0.39, 0.29) is 11.3 Å². The van der Waals surface area contributed by atoms with Crippen LogP contribution in [0.5, 0.6) is 0 Å². The molecule has 1 aliphatic rings. The molecular weight excluding hydrogens is 274 g/mol. The molecule has 0 aromatic heterocycles. The summed E-state index contributed by atoms with van der Waals surface area (Å²) >= 11 is 0. The molecule has 1 fully saturated rings. The van der Waals surface area contributed by atoms with Gasteiger partial charge >= 0.3 is 0 Å². The van der Waals surface area contributed by atoms with Crippen LogP contribution in [0.4, 0.5) is 0 Å². The minimum atomic E-state index is -3.37. The fourth-order valence-corrected chi connectivity index (χ4v) is 4.05. The number of benzene rings is 1. The van der Waals surface area contributed by atoms with Gasteiger partial charge in [-0.3, -0.25) is 0 Å². The number of rotatable bonds is 4. The van der Waals surface area contributed by atoms with Gasteiger partial charge in [0.1, 0.15) is 0 Å². The molecule has 5 nitrogen and oxygen atoms in total. The van der Waals surface area contributed by atoms with E-state index in [9.17, 15) is 8.42 Å². The SMILES string of the molecule is CC1(NS(=O)(=O)Cc2ccc(C#N)cc2)CCNCC1. The second-order valence-electron chi connectivity index (χ2n) is 5.48. The summed E-state index contributed by atoms with van der Waals surface area (Å²) in [5.41, 5.74) is 0.856. The van der Waals surface area contributed by atoms with Gasteiger partial charge in [-0.05, 0) is 50.6 Å². The van der Waals surface area contributed by atoms with E-state index >= 15 is 0 Å². The highest BCUT2D eigenvalue weighted by atomic mass is 32.2. The Morgan fingerprint density at radius 1 is 1.30 bits per heavy atom. The zero-order valence-corrected chi connectivity index (χ0v) is 12.3. The highest BCUT2D eigenvalue weighted by molar-refractivity contribution is 7.88. The molecule has 1 aromatic rings. The first-order valence-electron chi connectivity index (χ1n) is 6.64. The molecule has 108 valence electrons. The summed E-state index contributed by atoms with van der Waals surface area (Å²) in [7, 11) is -3.37. The standard InChI is InChI=1S/C14H19N3O2S/c1-14(6-8-16-9-7-14)17-20(18,19)11-13-4-2-12(10-15)3-5-13/h2-5,16-17H,6-9,11H2,1H3. The molecule has 0 saturated carbocycles. The van der Waals surface area contributed by atoms with Crippen LogP contribution in [-0.4, -0.2) is 27.0 Å². The topological polar surface area (TPSA) is 82.0 Å². The average molecular weight is 293 g/mol. The van der Waals surface area contributed by atoms with Crippen LogP contribution in [0.25, 0.3) is 0 Å². The first kappa shape index (κ1) is 15.0. The van der Waals surface area contributed by atoms with Crippen molar-refractivity contribution in [3.05, 3.63) is 35.4 Å². The normalized spacial score (nSPS) is 18.4. The Hall–Kier alpha value is -1.42. The number of nitrogens with one attached hydrogen (secondary N) is 2. The van der Waals surface area contributed by atoms with Crippen LogP contribution >= 0.6 is 0 Å². The Morgan fingerprint density at radius 2 is 1.90 bits per heavy atom. The summed E-state index contributed by atoms with van der Waals surface area (Å²) in [5.74, 6) is -0.0538. The second kappa shape index (κ2) is 5.92. The molecule has 1 saturated heterocycles. The van der Waals surface area contributed by atoms with Crippen LogP contribution in [0, 0.1) is 11.3 Å². The smallest absolute Gasteiger partial charge is 0.216 e. The molecule has 0 radical (unpaired) electrons. The zero-order valence-electron chi connectivity index (χ0n) is 11.5. The summed E-state index contributed by atoms with van der Waals surface area (Å²) < 4.78 is 27.3. The van der Waals surface area contributed by atoms with Crippen molar-refractivity contribution in [2.75, 3.05) is 13.1 Å². The van der Waals surface area contributed by atoms with Gasteiger partial charge in [0.2, 0.25) is 10.0 Å². The Bertz CT molecular complexity index is 596. The largest absolute Gasteiger partial charge is 0.317 e. The van der Waals surface area contributed by atoms with Crippen molar-refractivity contribution in [3.63, 3.8) is 0 Å². The van der Waals surface area contributed by atoms with Crippen LogP contribution < -0.4 is 10.0 Å². The van der Waals surface area contributed by atoms with Gasteiger partial charge in [-0.1, -0.05) is 12.1 Å². The molecule has 0 unspecified atom stereocenters. The highest BCUT2D eigenvalue weighted by Gasteiger charge is 2.31. The Morgan fingerprint density at radius 3 is 2.45 bits per heavy atom. The third-order valence-corrected chi connectivity index (χ3v) is 5.07. The van der Waals surface area contributed by atoms with Crippen molar-refractivity contribution in [1.82, 2.24) is 10.0 Å². The molecule has 20 heavy (non-hydrogen) atoms. The maximum absolute atomic E-state index is 12.2. The number of nitrogens with zero attached hydrogens (tertiary/aromatic N) is 1. The Labute approximate surface area is 120 Å². The van der Waals surface area contributed by atoms with Crippen LogP contribution in [0.1, 0.15) is 30.9 Å². The van der Waals surface area contributed by atoms with Crippen molar-refractivity contribution in [1.29, 1.82) is 5.26 Å². The number of piperidine rings is 1. The maximum atomic E-state index is 12.2. The molecule has 0 bridgehead atoms. The average Bonchev–Trinajstić information content (AvgIpc) is 2.38. The molecule has 1 aliphatic heterocycles. The molecule has 0 spiro atoms. The van der Waals surface area contributed by atoms with E-state index in [1.165, 1.54) is 0 Å². The highest BCUT2D eigenvalue weighted by Crippen LogP contribution is 2.19. The Balaban J connectivity index is 2.04. The van der Waals surface area contributed by atoms with Crippen LogP contribution in [0.3, 0.4) is 0 Å². The predicted molar refractivity (Wildman–Crippen MR) is 77.4 cm³/mol. The lowest BCUT2D eigenvalue weighted by Crippen LogP contribution is -2.52. The molecular formula is C14H19N3O2S. The third-order valence-electron chi connectivity index (χ3n) is 3.55. The fourth-order valence-electron chi connectivity index (χ4n) is 2.39. The van der Waals surface area contributed by atoms with Crippen molar-refractivity contribution in [2.24, 2.45) is 0 Å². The van der Waals surface area contributed by atoms with Gasteiger partial charge < -0.3 is 5.32 Å². The molecule has 6 heteroatoms. The number of hydrogen-bond donors (Lipinski definition) is 2. The number of hydrogen-bond acceptors (Lipinski definition) is 4. The summed E-state index contributed by atoms with van der Waals surface area (Å²) in [6.45, 7) is 3.61. The van der Waals surface area contributed by atoms with Crippen LogP contribution in [-0.2, 0) is 15.8 Å². The van der Waals surface area contributed by atoms with Crippen molar-refractivity contribution in [2.45, 2.75) is 31.1 Å². The van der Waals surface area contributed by atoms with E-state index < -0.39 is 10.0 Å². The molecule has 1 aromatic carbocycles. The van der Waals surface area contributed by atoms with E-state index in [2.05, 4.69) is 10.0 Å². The van der Waals surface area contributed by atoms with E-state index in [0.717, 1.165) is 25.9 Å². The zero-order chi connectivity index (χ0) is 14.6. The maximum Gasteiger partial charge on any atom is 0.216 e. The van der Waals surface area contributed by atoms with Gasteiger partial charge in [0.05, 0.1) is 17.4 Å². The molecule has 0 atom stereocenters. The predicted octanol–water partition coefficient (Wildman–Crippen LogP) is 1.12. The van der Waals surface area contributed by atoms with Crippen LogP contribution in [0.15, 0.2) is 24.3 Å². The monoisotopic (exact) mass is 293 g/mol. The molecule has 2 rings (SSSR count). The first-order valence-corrected chi connectivity index (χ1v) is 8.29.